The molecule has 1 atom stereocenters. The molecule has 1 aliphatic heterocycles. The van der Waals surface area contributed by atoms with Gasteiger partial charge in [0.05, 0.1) is 11.8 Å². The number of aliphatic hydroxyl groups is 1. The van der Waals surface area contributed by atoms with E-state index in [4.69, 9.17) is 0 Å². The highest BCUT2D eigenvalue weighted by molar-refractivity contribution is 5.46. The van der Waals surface area contributed by atoms with Gasteiger partial charge in [-0.1, -0.05) is 56.9 Å². The van der Waals surface area contributed by atoms with Gasteiger partial charge in [0.2, 0.25) is 0 Å². The zero-order valence-corrected chi connectivity index (χ0v) is 18.9. The minimum Gasteiger partial charge on any atom is -0.380 e. The van der Waals surface area contributed by atoms with Gasteiger partial charge in [-0.2, -0.15) is 5.10 Å². The summed E-state index contributed by atoms with van der Waals surface area (Å²) >= 11 is 0. The van der Waals surface area contributed by atoms with Crippen LogP contribution in [-0.2, 0) is 12.6 Å². The number of nitrogens with zero attached hydrogens (tertiary/aromatic N) is 4. The number of hydrogen-bond acceptors (Lipinski definition) is 4. The summed E-state index contributed by atoms with van der Waals surface area (Å²) in [7, 11) is 3.95. The highest BCUT2D eigenvalue weighted by atomic mass is 16.3. The van der Waals surface area contributed by atoms with E-state index >= 15 is 0 Å². The van der Waals surface area contributed by atoms with Crippen LogP contribution in [0.1, 0.15) is 54.5 Å². The number of hydrogen-bond donors (Lipinski definition) is 1. The second-order valence-electron chi connectivity index (χ2n) is 9.34. The minimum atomic E-state index is -1.16. The third kappa shape index (κ3) is 3.89. The number of benzene rings is 1. The first-order valence-electron chi connectivity index (χ1n) is 10.7. The van der Waals surface area contributed by atoms with Crippen molar-refractivity contribution >= 4 is 0 Å². The molecule has 4 rings (SSSR count). The van der Waals surface area contributed by atoms with Gasteiger partial charge in [0, 0.05) is 55.3 Å². The predicted octanol–water partition coefficient (Wildman–Crippen LogP) is 3.53. The first-order valence-corrected chi connectivity index (χ1v) is 10.7. The van der Waals surface area contributed by atoms with E-state index in [9.17, 15) is 5.11 Å². The molecule has 3 heterocycles. The van der Waals surface area contributed by atoms with E-state index in [0.717, 1.165) is 35.3 Å². The van der Waals surface area contributed by atoms with Crippen molar-refractivity contribution in [1.29, 1.82) is 0 Å². The van der Waals surface area contributed by atoms with Crippen LogP contribution in [0.15, 0.2) is 55.1 Å². The van der Waals surface area contributed by atoms with Gasteiger partial charge in [-0.25, -0.2) is 0 Å². The van der Waals surface area contributed by atoms with Gasteiger partial charge >= 0.3 is 0 Å². The Bertz CT molecular complexity index is 1130. The topological polar surface area (TPSA) is 54.2 Å². The summed E-state index contributed by atoms with van der Waals surface area (Å²) in [4.78, 5) is 6.66. The average Bonchev–Trinajstić information content (AvgIpc) is 3.16. The Morgan fingerprint density at radius 1 is 1.00 bits per heavy atom. The van der Waals surface area contributed by atoms with Crippen molar-refractivity contribution in [3.63, 3.8) is 0 Å². The lowest BCUT2D eigenvalue weighted by Crippen LogP contribution is -2.63. The molecular formula is C26H30N4O. The fourth-order valence-electron chi connectivity index (χ4n) is 4.68. The van der Waals surface area contributed by atoms with Crippen LogP contribution in [-0.4, -0.2) is 44.9 Å². The Balaban J connectivity index is 1.77. The number of rotatable bonds is 4. The van der Waals surface area contributed by atoms with E-state index in [1.807, 2.05) is 19.3 Å². The highest BCUT2D eigenvalue weighted by Crippen LogP contribution is 2.50. The average molecular weight is 415 g/mol. The molecule has 0 unspecified atom stereocenters. The Labute approximate surface area is 184 Å². The second kappa shape index (κ2) is 7.96. The molecule has 0 spiro atoms. The number of likely N-dealkylation sites (tertiary alicyclic amines) is 1. The molecule has 5 heteroatoms. The Hall–Kier alpha value is -2.94. The van der Waals surface area contributed by atoms with Gasteiger partial charge in [0.1, 0.15) is 5.60 Å². The third-order valence-electron chi connectivity index (χ3n) is 6.32. The van der Waals surface area contributed by atoms with Gasteiger partial charge in [-0.05, 0) is 30.2 Å². The number of pyridine rings is 1. The van der Waals surface area contributed by atoms with E-state index in [-0.39, 0.29) is 5.41 Å². The SMILES string of the molecule is CC(C)c1ccc([C@](O)(c2cncc(C#Cc3cnn(C)c3)c2)C2(C)CN(C)C2)cc1. The third-order valence-corrected chi connectivity index (χ3v) is 6.32. The molecule has 2 aromatic heterocycles. The van der Waals surface area contributed by atoms with Gasteiger partial charge in [-0.3, -0.25) is 9.67 Å². The van der Waals surface area contributed by atoms with E-state index in [0.29, 0.717) is 5.92 Å². The molecule has 3 aromatic rings. The molecule has 1 aliphatic rings. The largest absolute Gasteiger partial charge is 0.380 e. The van der Waals surface area contributed by atoms with Crippen LogP contribution >= 0.6 is 0 Å². The lowest BCUT2D eigenvalue weighted by molar-refractivity contribution is -0.127. The molecule has 0 aliphatic carbocycles. The molecule has 0 radical (unpaired) electrons. The predicted molar refractivity (Wildman–Crippen MR) is 123 cm³/mol. The van der Waals surface area contributed by atoms with Gasteiger partial charge in [-0.15, -0.1) is 0 Å². The molecule has 0 amide bonds. The van der Waals surface area contributed by atoms with Crippen molar-refractivity contribution in [2.24, 2.45) is 12.5 Å². The number of aromatic nitrogens is 3. The Morgan fingerprint density at radius 3 is 2.26 bits per heavy atom. The van der Waals surface area contributed by atoms with Gasteiger partial charge in [0.25, 0.3) is 0 Å². The van der Waals surface area contributed by atoms with Crippen molar-refractivity contribution in [1.82, 2.24) is 19.7 Å². The van der Waals surface area contributed by atoms with Crippen molar-refractivity contribution in [2.75, 3.05) is 20.1 Å². The molecule has 160 valence electrons. The first kappa shape index (κ1) is 21.3. The summed E-state index contributed by atoms with van der Waals surface area (Å²) in [5, 5.41) is 16.4. The smallest absolute Gasteiger partial charge is 0.124 e. The van der Waals surface area contributed by atoms with Crippen LogP contribution in [0, 0.1) is 17.3 Å². The van der Waals surface area contributed by atoms with E-state index in [1.54, 1.807) is 23.3 Å². The van der Waals surface area contributed by atoms with E-state index in [2.05, 4.69) is 78.9 Å². The molecule has 5 nitrogen and oxygen atoms in total. The summed E-state index contributed by atoms with van der Waals surface area (Å²) in [6.07, 6.45) is 7.13. The molecule has 1 N–H and O–H groups in total. The maximum Gasteiger partial charge on any atom is 0.124 e. The van der Waals surface area contributed by atoms with Crippen LogP contribution < -0.4 is 0 Å². The van der Waals surface area contributed by atoms with Crippen molar-refractivity contribution in [3.8, 4) is 11.8 Å². The number of aryl methyl sites for hydroxylation is 1. The second-order valence-corrected chi connectivity index (χ2v) is 9.34. The lowest BCUT2D eigenvalue weighted by Gasteiger charge is -2.55. The van der Waals surface area contributed by atoms with Crippen LogP contribution in [0.3, 0.4) is 0 Å². The van der Waals surface area contributed by atoms with Crippen LogP contribution in [0.4, 0.5) is 0 Å². The summed E-state index contributed by atoms with van der Waals surface area (Å²) in [5.74, 6) is 6.75. The Kier molecular flexibility index (Phi) is 5.47. The normalized spacial score (nSPS) is 17.5. The van der Waals surface area contributed by atoms with Crippen molar-refractivity contribution in [3.05, 3.63) is 82.9 Å². The molecule has 0 saturated carbocycles. The zero-order chi connectivity index (χ0) is 22.2. The highest BCUT2D eigenvalue weighted by Gasteiger charge is 2.55. The fraction of sp³-hybridized carbons (Fsp3) is 0.385. The summed E-state index contributed by atoms with van der Waals surface area (Å²) in [5.41, 5.74) is 3.07. The molecule has 1 fully saturated rings. The van der Waals surface area contributed by atoms with Gasteiger partial charge in [0.15, 0.2) is 0 Å². The standard InChI is InChI=1S/C26H30N4O/c1-19(2)22-8-10-23(11-9-22)26(31,25(3)17-29(4)18-25)24-12-20(13-27-15-24)6-7-21-14-28-30(5)16-21/h8-16,19,31H,17-18H2,1-5H3/t26-/m0/s1. The molecule has 1 aromatic carbocycles. The monoisotopic (exact) mass is 414 g/mol. The van der Waals surface area contributed by atoms with Crippen LogP contribution in [0.2, 0.25) is 0 Å². The fourth-order valence-corrected chi connectivity index (χ4v) is 4.68. The van der Waals surface area contributed by atoms with Crippen LogP contribution in [0.5, 0.6) is 0 Å². The summed E-state index contributed by atoms with van der Waals surface area (Å²) in [6.45, 7) is 8.12. The summed E-state index contributed by atoms with van der Waals surface area (Å²) < 4.78 is 1.73. The molecule has 0 bridgehead atoms. The quantitative estimate of drug-likeness (QED) is 0.664. The lowest BCUT2D eigenvalue weighted by atomic mass is 9.62. The van der Waals surface area contributed by atoms with Crippen molar-refractivity contribution < 1.29 is 5.11 Å². The minimum absolute atomic E-state index is 0.321. The molecule has 31 heavy (non-hydrogen) atoms. The first-order chi connectivity index (χ1) is 14.7. The van der Waals surface area contributed by atoms with E-state index < -0.39 is 5.60 Å². The maximum absolute atomic E-state index is 12.3. The molecule has 1 saturated heterocycles. The van der Waals surface area contributed by atoms with Gasteiger partial charge < -0.3 is 10.0 Å². The van der Waals surface area contributed by atoms with E-state index in [1.165, 1.54) is 5.56 Å². The maximum atomic E-state index is 12.3. The summed E-state index contributed by atoms with van der Waals surface area (Å²) in [6, 6.07) is 10.3. The van der Waals surface area contributed by atoms with Crippen LogP contribution in [0.25, 0.3) is 0 Å². The Morgan fingerprint density at radius 2 is 1.68 bits per heavy atom. The van der Waals surface area contributed by atoms with Crippen molar-refractivity contribution in [2.45, 2.75) is 32.3 Å². The zero-order valence-electron chi connectivity index (χ0n) is 18.9. The molecular weight excluding hydrogens is 384 g/mol.